The van der Waals surface area contributed by atoms with E-state index in [0.717, 1.165) is 12.1 Å². The third kappa shape index (κ3) is 4.70. The molecule has 1 N–H and O–H groups in total. The first kappa shape index (κ1) is 25.7. The third-order valence-electron chi connectivity index (χ3n) is 6.30. The zero-order valence-corrected chi connectivity index (χ0v) is 20.4. The SMILES string of the molecule is Cc1c(-c2cc(O[C@@H](c3ccc(F)cn3)C(F)(F)F)c3c(Cl)cnn3c2)nnn1[C@H]1CCN(C#N)C[C@@H]1O. The van der Waals surface area contributed by atoms with Crippen LogP contribution in [0.25, 0.3) is 16.8 Å². The predicted molar refractivity (Wildman–Crippen MR) is 124 cm³/mol. The minimum atomic E-state index is -4.89. The normalized spacial score (nSPS) is 18.9. The molecule has 0 unspecified atom stereocenters. The van der Waals surface area contributed by atoms with E-state index in [1.54, 1.807) is 6.92 Å². The summed E-state index contributed by atoms with van der Waals surface area (Å²) in [5.41, 5.74) is 0.722. The monoisotopic (exact) mass is 550 g/mol. The zero-order valence-electron chi connectivity index (χ0n) is 19.6. The highest BCUT2D eigenvalue weighted by Gasteiger charge is 2.44. The number of rotatable bonds is 5. The van der Waals surface area contributed by atoms with Crippen molar-refractivity contribution in [3.63, 3.8) is 0 Å². The van der Waals surface area contributed by atoms with Gasteiger partial charge in [-0.2, -0.15) is 23.5 Å². The number of nitriles is 1. The molecule has 5 heterocycles. The number of hydrogen-bond donors (Lipinski definition) is 1. The van der Waals surface area contributed by atoms with Crippen LogP contribution in [0.3, 0.4) is 0 Å². The van der Waals surface area contributed by atoms with Crippen LogP contribution in [-0.2, 0) is 0 Å². The average Bonchev–Trinajstić information content (AvgIpc) is 3.44. The van der Waals surface area contributed by atoms with Crippen molar-refractivity contribution in [1.29, 1.82) is 5.26 Å². The van der Waals surface area contributed by atoms with Crippen molar-refractivity contribution in [2.24, 2.45) is 0 Å². The highest BCUT2D eigenvalue weighted by atomic mass is 35.5. The Kier molecular flexibility index (Phi) is 6.58. The van der Waals surface area contributed by atoms with E-state index in [1.807, 2.05) is 6.19 Å². The summed E-state index contributed by atoms with van der Waals surface area (Å²) in [6.45, 7) is 2.28. The Morgan fingerprint density at radius 1 is 1.29 bits per heavy atom. The van der Waals surface area contributed by atoms with Gasteiger partial charge in [0.05, 0.1) is 47.5 Å². The number of ether oxygens (including phenoxy) is 1. The summed E-state index contributed by atoms with van der Waals surface area (Å²) in [7, 11) is 0. The molecule has 1 aliphatic rings. The average molecular weight is 551 g/mol. The number of pyridine rings is 2. The van der Waals surface area contributed by atoms with E-state index in [1.165, 1.54) is 32.6 Å². The molecule has 0 radical (unpaired) electrons. The first-order chi connectivity index (χ1) is 18.1. The molecule has 0 aromatic carbocycles. The standard InChI is InChI=1S/C23H19ClF4N8O2/c1-12-20(32-33-36(12)17-4-5-34(11-29)10-18(17)37)13-6-19(21-15(24)8-31-35(21)9-13)38-22(23(26,27)28)16-3-2-14(25)7-30-16/h2-3,6-9,17-18,22,37H,4-5,10H2,1H3/t17-,18-,22-/m0/s1. The van der Waals surface area contributed by atoms with Crippen LogP contribution < -0.4 is 4.74 Å². The lowest BCUT2D eigenvalue weighted by atomic mass is 10.0. The van der Waals surface area contributed by atoms with Gasteiger partial charge in [0.25, 0.3) is 0 Å². The Morgan fingerprint density at radius 2 is 2.08 bits per heavy atom. The van der Waals surface area contributed by atoms with Crippen LogP contribution in [0.4, 0.5) is 17.6 Å². The van der Waals surface area contributed by atoms with Gasteiger partial charge in [-0.05, 0) is 31.5 Å². The Bertz CT molecular complexity index is 1510. The summed E-state index contributed by atoms with van der Waals surface area (Å²) in [4.78, 5) is 5.00. The highest BCUT2D eigenvalue weighted by Crippen LogP contribution is 2.40. The quantitative estimate of drug-likeness (QED) is 0.294. The summed E-state index contributed by atoms with van der Waals surface area (Å²) in [5.74, 6) is -1.05. The van der Waals surface area contributed by atoms with Crippen molar-refractivity contribution in [1.82, 2.24) is 34.5 Å². The molecule has 1 saturated heterocycles. The summed E-state index contributed by atoms with van der Waals surface area (Å²) in [5, 5.41) is 32.2. The van der Waals surface area contributed by atoms with Gasteiger partial charge in [0.1, 0.15) is 22.8 Å². The molecule has 0 saturated carbocycles. The molecule has 38 heavy (non-hydrogen) atoms. The first-order valence-electron chi connectivity index (χ1n) is 11.3. The number of alkyl halides is 3. The molecule has 0 aliphatic carbocycles. The van der Waals surface area contributed by atoms with Crippen LogP contribution in [0, 0.1) is 24.2 Å². The lowest BCUT2D eigenvalue weighted by molar-refractivity contribution is -0.198. The van der Waals surface area contributed by atoms with Crippen molar-refractivity contribution in [3.05, 3.63) is 59.0 Å². The van der Waals surface area contributed by atoms with E-state index >= 15 is 0 Å². The smallest absolute Gasteiger partial charge is 0.431 e. The van der Waals surface area contributed by atoms with Gasteiger partial charge in [0.15, 0.2) is 6.19 Å². The van der Waals surface area contributed by atoms with Crippen molar-refractivity contribution in [3.8, 4) is 23.2 Å². The fourth-order valence-electron chi connectivity index (χ4n) is 4.45. The van der Waals surface area contributed by atoms with E-state index in [2.05, 4.69) is 20.4 Å². The number of β-amino-alcohol motifs (C(OH)–C–C–N with tert-alkyl or cyclic N) is 1. The van der Waals surface area contributed by atoms with E-state index < -0.39 is 35.9 Å². The molecule has 10 nitrogen and oxygen atoms in total. The number of aromatic nitrogens is 6. The van der Waals surface area contributed by atoms with Crippen molar-refractivity contribution >= 4 is 17.1 Å². The number of likely N-dealkylation sites (tertiary alicyclic amines) is 1. The fourth-order valence-corrected chi connectivity index (χ4v) is 4.67. The van der Waals surface area contributed by atoms with Crippen LogP contribution >= 0.6 is 11.6 Å². The summed E-state index contributed by atoms with van der Waals surface area (Å²) >= 11 is 6.22. The van der Waals surface area contributed by atoms with Crippen molar-refractivity contribution in [2.75, 3.05) is 13.1 Å². The molecule has 0 spiro atoms. The lowest BCUT2D eigenvalue weighted by Crippen LogP contribution is -2.43. The number of halogens is 5. The topological polar surface area (TPSA) is 117 Å². The lowest BCUT2D eigenvalue weighted by Gasteiger charge is -2.33. The number of aliphatic hydroxyl groups is 1. The second-order valence-corrected chi connectivity index (χ2v) is 9.16. The van der Waals surface area contributed by atoms with Gasteiger partial charge < -0.3 is 14.7 Å². The van der Waals surface area contributed by atoms with Crippen LogP contribution in [0.2, 0.25) is 5.02 Å². The fraction of sp³-hybridized carbons (Fsp3) is 0.348. The molecule has 4 aromatic rings. The number of fused-ring (bicyclic) bond motifs is 1. The largest absolute Gasteiger partial charge is 0.472 e. The van der Waals surface area contributed by atoms with Crippen molar-refractivity contribution < 1.29 is 27.4 Å². The zero-order chi connectivity index (χ0) is 27.2. The van der Waals surface area contributed by atoms with E-state index in [0.29, 0.717) is 36.1 Å². The minimum Gasteiger partial charge on any atom is -0.472 e. The van der Waals surface area contributed by atoms with Crippen LogP contribution in [0.15, 0.2) is 36.8 Å². The maximum Gasteiger partial charge on any atom is 0.431 e. The third-order valence-corrected chi connectivity index (χ3v) is 6.57. The van der Waals surface area contributed by atoms with E-state index in [9.17, 15) is 22.7 Å². The molecule has 0 bridgehead atoms. The molecule has 4 aromatic heterocycles. The maximum absolute atomic E-state index is 14.0. The van der Waals surface area contributed by atoms with E-state index in [-0.39, 0.29) is 22.8 Å². The van der Waals surface area contributed by atoms with Crippen LogP contribution in [0.5, 0.6) is 5.75 Å². The Morgan fingerprint density at radius 3 is 2.74 bits per heavy atom. The van der Waals surface area contributed by atoms with Gasteiger partial charge >= 0.3 is 6.18 Å². The second-order valence-electron chi connectivity index (χ2n) is 8.76. The molecular formula is C23H19ClF4N8O2. The molecule has 15 heteroatoms. The molecule has 1 aliphatic heterocycles. The van der Waals surface area contributed by atoms with Crippen LogP contribution in [0.1, 0.15) is 30.0 Å². The summed E-state index contributed by atoms with van der Waals surface area (Å²) < 4.78 is 63.6. The molecule has 1 fully saturated rings. The molecule has 0 amide bonds. The predicted octanol–water partition coefficient (Wildman–Crippen LogP) is 3.86. The van der Waals surface area contributed by atoms with Gasteiger partial charge in [-0.15, -0.1) is 5.10 Å². The Labute approximate surface area is 217 Å². The van der Waals surface area contributed by atoms with Gasteiger partial charge in [0.2, 0.25) is 6.10 Å². The number of hydrogen-bond acceptors (Lipinski definition) is 8. The molecule has 198 valence electrons. The van der Waals surface area contributed by atoms with Crippen molar-refractivity contribution in [2.45, 2.75) is 37.8 Å². The Balaban J connectivity index is 1.55. The first-order valence-corrected chi connectivity index (χ1v) is 11.7. The maximum atomic E-state index is 14.0. The van der Waals surface area contributed by atoms with E-state index in [4.69, 9.17) is 21.6 Å². The molecular weight excluding hydrogens is 532 g/mol. The minimum absolute atomic E-state index is 0.0484. The number of piperidine rings is 1. The van der Waals surface area contributed by atoms with Gasteiger partial charge in [-0.3, -0.25) is 4.98 Å². The highest BCUT2D eigenvalue weighted by molar-refractivity contribution is 6.34. The summed E-state index contributed by atoms with van der Waals surface area (Å²) in [6.07, 6.45) is -2.39. The summed E-state index contributed by atoms with van der Waals surface area (Å²) in [6, 6.07) is 2.64. The number of aliphatic hydroxyl groups excluding tert-OH is 1. The number of nitrogens with zero attached hydrogens (tertiary/aromatic N) is 8. The molecule has 3 atom stereocenters. The second kappa shape index (κ2) is 9.73. The van der Waals surface area contributed by atoms with Gasteiger partial charge in [-0.1, -0.05) is 16.8 Å². The van der Waals surface area contributed by atoms with Crippen LogP contribution in [-0.4, -0.2) is 65.0 Å². The Hall–Kier alpha value is -3.96. The van der Waals surface area contributed by atoms with Gasteiger partial charge in [0, 0.05) is 18.3 Å². The van der Waals surface area contributed by atoms with Gasteiger partial charge in [-0.25, -0.2) is 13.6 Å². The molecule has 5 rings (SSSR count).